The number of hydrogen-bond acceptors (Lipinski definition) is 4. The van der Waals surface area contributed by atoms with Crippen molar-refractivity contribution < 1.29 is 4.79 Å². The molecule has 2 rings (SSSR count). The summed E-state index contributed by atoms with van der Waals surface area (Å²) in [5.74, 6) is -0.486. The van der Waals surface area contributed by atoms with E-state index in [2.05, 4.69) is 10.4 Å². The van der Waals surface area contributed by atoms with Crippen molar-refractivity contribution in [2.75, 3.05) is 11.1 Å². The van der Waals surface area contributed by atoms with Gasteiger partial charge in [0.15, 0.2) is 0 Å². The minimum atomic E-state index is -0.486. The number of nitrogen functional groups attached to an aromatic ring is 1. The molecule has 94 valence electrons. The molecule has 1 heterocycles. The van der Waals surface area contributed by atoms with Crippen molar-refractivity contribution in [3.05, 3.63) is 41.7 Å². The highest BCUT2D eigenvalue weighted by Crippen LogP contribution is 2.20. The Labute approximate surface area is 105 Å². The minimum Gasteiger partial charge on any atom is -0.397 e. The molecule has 0 aliphatic heterocycles. The molecule has 0 unspecified atom stereocenters. The Bertz CT molecular complexity index is 576. The molecule has 0 aliphatic rings. The second-order valence-electron chi connectivity index (χ2n) is 4.04. The lowest BCUT2D eigenvalue weighted by Gasteiger charge is -2.09. The van der Waals surface area contributed by atoms with Crippen molar-refractivity contribution in [3.63, 3.8) is 0 Å². The number of hydrogen-bond donors (Lipinski definition) is 3. The van der Waals surface area contributed by atoms with Crippen molar-refractivity contribution in [3.8, 4) is 0 Å². The van der Waals surface area contributed by atoms with Gasteiger partial charge >= 0.3 is 0 Å². The van der Waals surface area contributed by atoms with E-state index in [1.807, 2.05) is 13.2 Å². The Morgan fingerprint density at radius 2 is 2.28 bits per heavy atom. The van der Waals surface area contributed by atoms with Gasteiger partial charge < -0.3 is 16.8 Å². The van der Waals surface area contributed by atoms with Gasteiger partial charge in [-0.25, -0.2) is 0 Å². The van der Waals surface area contributed by atoms with Gasteiger partial charge in [0.1, 0.15) is 0 Å². The maximum Gasteiger partial charge on any atom is 0.248 e. The monoisotopic (exact) mass is 245 g/mol. The normalized spacial score (nSPS) is 10.3. The molecule has 6 nitrogen and oxygen atoms in total. The first kappa shape index (κ1) is 12.0. The van der Waals surface area contributed by atoms with E-state index in [-0.39, 0.29) is 0 Å². The van der Waals surface area contributed by atoms with Crippen molar-refractivity contribution in [2.45, 2.75) is 6.54 Å². The molecule has 18 heavy (non-hydrogen) atoms. The summed E-state index contributed by atoms with van der Waals surface area (Å²) in [5.41, 5.74) is 13.7. The lowest BCUT2D eigenvalue weighted by molar-refractivity contribution is 0.100. The number of carbonyl (C=O) groups is 1. The van der Waals surface area contributed by atoms with E-state index >= 15 is 0 Å². The number of nitrogens with two attached hydrogens (primary N) is 2. The molecule has 0 aliphatic carbocycles. The molecule has 1 aromatic carbocycles. The number of benzene rings is 1. The van der Waals surface area contributed by atoms with Crippen LogP contribution in [0.5, 0.6) is 0 Å². The van der Waals surface area contributed by atoms with Crippen molar-refractivity contribution in [1.82, 2.24) is 9.78 Å². The van der Waals surface area contributed by atoms with Gasteiger partial charge in [0.25, 0.3) is 0 Å². The summed E-state index contributed by atoms with van der Waals surface area (Å²) >= 11 is 0. The number of primary amides is 1. The van der Waals surface area contributed by atoms with Crippen LogP contribution in [0.15, 0.2) is 30.6 Å². The molecular formula is C12H15N5O. The third-order valence-electron chi connectivity index (χ3n) is 2.58. The van der Waals surface area contributed by atoms with Crippen LogP contribution >= 0.6 is 0 Å². The van der Waals surface area contributed by atoms with Crippen LogP contribution in [0.25, 0.3) is 0 Å². The van der Waals surface area contributed by atoms with Crippen molar-refractivity contribution >= 4 is 17.3 Å². The van der Waals surface area contributed by atoms with Gasteiger partial charge in [-0.05, 0) is 18.2 Å². The number of anilines is 2. The molecule has 1 aromatic heterocycles. The van der Waals surface area contributed by atoms with Gasteiger partial charge in [-0.3, -0.25) is 9.48 Å². The summed E-state index contributed by atoms with van der Waals surface area (Å²) in [7, 11) is 1.86. The Kier molecular flexibility index (Phi) is 3.18. The number of nitrogens with one attached hydrogen (secondary N) is 1. The summed E-state index contributed by atoms with van der Waals surface area (Å²) < 4.78 is 1.73. The predicted octanol–water partition coefficient (Wildman–Crippen LogP) is 0.713. The maximum atomic E-state index is 11.0. The van der Waals surface area contributed by atoms with Gasteiger partial charge in [-0.2, -0.15) is 5.10 Å². The van der Waals surface area contributed by atoms with E-state index in [9.17, 15) is 4.79 Å². The minimum absolute atomic E-state index is 0.402. The highest BCUT2D eigenvalue weighted by Gasteiger charge is 2.05. The second-order valence-corrected chi connectivity index (χ2v) is 4.04. The van der Waals surface area contributed by atoms with Crippen molar-refractivity contribution in [1.29, 1.82) is 0 Å². The number of nitrogens with zero attached hydrogens (tertiary/aromatic N) is 2. The van der Waals surface area contributed by atoms with E-state index in [1.54, 1.807) is 29.1 Å². The number of rotatable bonds is 4. The van der Waals surface area contributed by atoms with Crippen LogP contribution in [0.4, 0.5) is 11.4 Å². The fourth-order valence-corrected chi connectivity index (χ4v) is 1.64. The van der Waals surface area contributed by atoms with Gasteiger partial charge in [-0.15, -0.1) is 0 Å². The molecule has 0 fully saturated rings. The van der Waals surface area contributed by atoms with Crippen LogP contribution in [0, 0.1) is 0 Å². The van der Waals surface area contributed by atoms with Gasteiger partial charge in [-0.1, -0.05) is 0 Å². The average molecular weight is 245 g/mol. The molecule has 0 atom stereocenters. The molecule has 0 spiro atoms. The largest absolute Gasteiger partial charge is 0.397 e. The lowest BCUT2D eigenvalue weighted by Crippen LogP contribution is -2.12. The number of aryl methyl sites for hydroxylation is 1. The Morgan fingerprint density at radius 3 is 2.83 bits per heavy atom. The first-order valence-corrected chi connectivity index (χ1v) is 5.47. The summed E-state index contributed by atoms with van der Waals surface area (Å²) in [4.78, 5) is 11.0. The van der Waals surface area contributed by atoms with Gasteiger partial charge in [0.2, 0.25) is 5.91 Å². The highest BCUT2D eigenvalue weighted by atomic mass is 16.1. The molecule has 1 amide bonds. The Balaban J connectivity index is 2.08. The zero-order valence-corrected chi connectivity index (χ0v) is 10.1. The molecule has 0 radical (unpaired) electrons. The summed E-state index contributed by atoms with van der Waals surface area (Å²) in [6, 6.07) is 4.95. The Morgan fingerprint density at radius 1 is 1.50 bits per heavy atom. The summed E-state index contributed by atoms with van der Waals surface area (Å²) in [5, 5.41) is 7.25. The lowest BCUT2D eigenvalue weighted by atomic mass is 10.1. The fraction of sp³-hybridized carbons (Fsp3) is 0.167. The molecule has 6 heteroatoms. The zero-order valence-electron chi connectivity index (χ0n) is 10.1. The van der Waals surface area contributed by atoms with Crippen LogP contribution in [0.2, 0.25) is 0 Å². The number of carbonyl (C=O) groups excluding carboxylic acids is 1. The summed E-state index contributed by atoms with van der Waals surface area (Å²) in [6.07, 6.45) is 3.70. The van der Waals surface area contributed by atoms with E-state index < -0.39 is 5.91 Å². The number of aromatic nitrogens is 2. The second kappa shape index (κ2) is 4.79. The molecule has 2 aromatic rings. The Hall–Kier alpha value is -2.50. The van der Waals surface area contributed by atoms with Crippen LogP contribution in [0.3, 0.4) is 0 Å². The van der Waals surface area contributed by atoms with E-state index in [0.29, 0.717) is 17.8 Å². The standard InChI is InChI=1S/C12H15N5O/c1-17-7-8(6-16-17)5-15-11-3-2-9(12(14)18)4-10(11)13/h2-4,6-7,15H,5,13H2,1H3,(H2,14,18). The summed E-state index contributed by atoms with van der Waals surface area (Å²) in [6.45, 7) is 0.619. The quantitative estimate of drug-likeness (QED) is 0.691. The van der Waals surface area contributed by atoms with Crippen LogP contribution in [-0.4, -0.2) is 15.7 Å². The van der Waals surface area contributed by atoms with Crippen LogP contribution in [0.1, 0.15) is 15.9 Å². The molecule has 5 N–H and O–H groups in total. The van der Waals surface area contributed by atoms with Crippen LogP contribution < -0.4 is 16.8 Å². The SMILES string of the molecule is Cn1cc(CNc2ccc(C(N)=O)cc2N)cn1. The third-order valence-corrected chi connectivity index (χ3v) is 2.58. The van der Waals surface area contributed by atoms with Crippen LogP contribution in [-0.2, 0) is 13.6 Å². The predicted molar refractivity (Wildman–Crippen MR) is 69.9 cm³/mol. The average Bonchev–Trinajstić information content (AvgIpc) is 2.73. The van der Waals surface area contributed by atoms with Gasteiger partial charge in [0.05, 0.1) is 17.6 Å². The van der Waals surface area contributed by atoms with E-state index in [4.69, 9.17) is 11.5 Å². The van der Waals surface area contributed by atoms with Gasteiger partial charge in [0, 0.05) is 30.9 Å². The first-order chi connectivity index (χ1) is 8.56. The smallest absolute Gasteiger partial charge is 0.248 e. The van der Waals surface area contributed by atoms with E-state index in [0.717, 1.165) is 11.3 Å². The fourth-order valence-electron chi connectivity index (χ4n) is 1.64. The first-order valence-electron chi connectivity index (χ1n) is 5.47. The highest BCUT2D eigenvalue weighted by molar-refractivity contribution is 5.94. The zero-order chi connectivity index (χ0) is 13.1. The molecule has 0 bridgehead atoms. The van der Waals surface area contributed by atoms with E-state index in [1.165, 1.54) is 0 Å². The topological polar surface area (TPSA) is 99.0 Å². The molecule has 0 saturated carbocycles. The van der Waals surface area contributed by atoms with Crippen molar-refractivity contribution in [2.24, 2.45) is 12.8 Å². The molecular weight excluding hydrogens is 230 g/mol. The number of amides is 1. The maximum absolute atomic E-state index is 11.0. The third kappa shape index (κ3) is 2.60. The molecule has 0 saturated heterocycles.